The lowest BCUT2D eigenvalue weighted by Crippen LogP contribution is -2.35. The molecule has 1 N–H and O–H groups in total. The average Bonchev–Trinajstić information content (AvgIpc) is 2.46. The van der Waals surface area contributed by atoms with Gasteiger partial charge in [-0.3, -0.25) is 9.59 Å². The van der Waals surface area contributed by atoms with E-state index in [1.807, 2.05) is 13.8 Å². The molecule has 0 aliphatic rings. The van der Waals surface area contributed by atoms with Gasteiger partial charge in [0.15, 0.2) is 5.69 Å². The van der Waals surface area contributed by atoms with Gasteiger partial charge in [0.1, 0.15) is 5.82 Å². The van der Waals surface area contributed by atoms with Crippen LogP contribution in [0.3, 0.4) is 0 Å². The third-order valence-corrected chi connectivity index (χ3v) is 2.83. The van der Waals surface area contributed by atoms with E-state index in [-0.39, 0.29) is 24.1 Å². The van der Waals surface area contributed by atoms with Gasteiger partial charge in [-0.25, -0.2) is 0 Å². The summed E-state index contributed by atoms with van der Waals surface area (Å²) < 4.78 is 0. The molecule has 20 heavy (non-hydrogen) atoms. The molecule has 110 valence electrons. The van der Waals surface area contributed by atoms with Crippen LogP contribution in [-0.2, 0) is 4.79 Å². The van der Waals surface area contributed by atoms with Gasteiger partial charge in [0, 0.05) is 27.2 Å². The fourth-order valence-electron chi connectivity index (χ4n) is 1.62. The lowest BCUT2D eigenvalue weighted by Gasteiger charge is -2.18. The Morgan fingerprint density at radius 2 is 1.80 bits per heavy atom. The van der Waals surface area contributed by atoms with Crippen LogP contribution in [0.4, 0.5) is 5.82 Å². The van der Waals surface area contributed by atoms with Crippen molar-refractivity contribution >= 4 is 17.6 Å². The lowest BCUT2D eigenvalue weighted by atomic mass is 10.3. The molecule has 0 aliphatic heterocycles. The standard InChI is InChI=1S/C13H21N5O2/c1-5-18(6-2)12(19)9-14-11-8-7-10(15-16-11)13(20)17(3)4/h7-8H,5-6,9H2,1-4H3,(H,14,16). The second-order valence-corrected chi connectivity index (χ2v) is 4.42. The topological polar surface area (TPSA) is 78.4 Å². The third-order valence-electron chi connectivity index (χ3n) is 2.83. The summed E-state index contributed by atoms with van der Waals surface area (Å²) in [4.78, 5) is 26.6. The van der Waals surface area contributed by atoms with E-state index in [4.69, 9.17) is 0 Å². The Bertz CT molecular complexity index is 454. The van der Waals surface area contributed by atoms with E-state index < -0.39 is 0 Å². The smallest absolute Gasteiger partial charge is 0.273 e. The van der Waals surface area contributed by atoms with Gasteiger partial charge in [0.2, 0.25) is 5.91 Å². The summed E-state index contributed by atoms with van der Waals surface area (Å²) in [6.07, 6.45) is 0. The maximum atomic E-state index is 11.8. The molecule has 0 unspecified atom stereocenters. The van der Waals surface area contributed by atoms with Gasteiger partial charge in [-0.15, -0.1) is 10.2 Å². The number of carbonyl (C=O) groups is 2. The first kappa shape index (κ1) is 15.9. The van der Waals surface area contributed by atoms with Gasteiger partial charge < -0.3 is 15.1 Å². The number of nitrogens with zero attached hydrogens (tertiary/aromatic N) is 4. The van der Waals surface area contributed by atoms with Crippen LogP contribution in [-0.4, -0.2) is 65.5 Å². The normalized spacial score (nSPS) is 10.0. The van der Waals surface area contributed by atoms with Crippen LogP contribution in [0.25, 0.3) is 0 Å². The third kappa shape index (κ3) is 4.18. The Labute approximate surface area is 119 Å². The summed E-state index contributed by atoms with van der Waals surface area (Å²) in [6, 6.07) is 3.22. The van der Waals surface area contributed by atoms with Crippen molar-refractivity contribution in [2.24, 2.45) is 0 Å². The number of rotatable bonds is 6. The molecular weight excluding hydrogens is 258 g/mol. The minimum absolute atomic E-state index is 0.00486. The summed E-state index contributed by atoms with van der Waals surface area (Å²) in [5, 5.41) is 10.6. The van der Waals surface area contributed by atoms with E-state index in [0.717, 1.165) is 0 Å². The van der Waals surface area contributed by atoms with E-state index in [1.54, 1.807) is 31.1 Å². The van der Waals surface area contributed by atoms with E-state index in [1.165, 1.54) is 4.90 Å². The van der Waals surface area contributed by atoms with Crippen LogP contribution >= 0.6 is 0 Å². The minimum Gasteiger partial charge on any atom is -0.360 e. The molecule has 0 fully saturated rings. The number of aromatic nitrogens is 2. The molecule has 0 aromatic carbocycles. The number of hydrogen-bond donors (Lipinski definition) is 1. The number of nitrogens with one attached hydrogen (secondary N) is 1. The van der Waals surface area contributed by atoms with Crippen molar-refractivity contribution in [3.05, 3.63) is 17.8 Å². The van der Waals surface area contributed by atoms with Crippen LogP contribution in [0, 0.1) is 0 Å². The number of amides is 2. The highest BCUT2D eigenvalue weighted by Crippen LogP contribution is 2.03. The quantitative estimate of drug-likeness (QED) is 0.818. The molecular formula is C13H21N5O2. The highest BCUT2D eigenvalue weighted by molar-refractivity contribution is 5.91. The summed E-state index contributed by atoms with van der Waals surface area (Å²) in [5.74, 6) is 0.273. The van der Waals surface area contributed by atoms with E-state index >= 15 is 0 Å². The number of anilines is 1. The zero-order valence-electron chi connectivity index (χ0n) is 12.4. The number of carbonyl (C=O) groups excluding carboxylic acids is 2. The van der Waals surface area contributed by atoms with E-state index in [2.05, 4.69) is 15.5 Å². The molecule has 0 spiro atoms. The van der Waals surface area contributed by atoms with Gasteiger partial charge in [-0.1, -0.05) is 0 Å². The lowest BCUT2D eigenvalue weighted by molar-refractivity contribution is -0.128. The maximum absolute atomic E-state index is 11.8. The molecule has 1 aromatic rings. The molecule has 0 saturated carbocycles. The van der Waals surface area contributed by atoms with Crippen LogP contribution < -0.4 is 5.32 Å². The fraction of sp³-hybridized carbons (Fsp3) is 0.538. The molecule has 1 aromatic heterocycles. The fourth-order valence-corrected chi connectivity index (χ4v) is 1.62. The SMILES string of the molecule is CCN(CC)C(=O)CNc1ccc(C(=O)N(C)C)nn1. The molecule has 7 heteroatoms. The van der Waals surface area contributed by atoms with Crippen molar-refractivity contribution in [2.45, 2.75) is 13.8 Å². The predicted molar refractivity (Wildman–Crippen MR) is 76.5 cm³/mol. The summed E-state index contributed by atoms with van der Waals surface area (Å²) >= 11 is 0. The van der Waals surface area contributed by atoms with Crippen molar-refractivity contribution in [3.8, 4) is 0 Å². The Morgan fingerprint density at radius 1 is 1.15 bits per heavy atom. The zero-order chi connectivity index (χ0) is 15.1. The van der Waals surface area contributed by atoms with Gasteiger partial charge in [-0.2, -0.15) is 0 Å². The Hall–Kier alpha value is -2.18. The van der Waals surface area contributed by atoms with Crippen LogP contribution in [0.1, 0.15) is 24.3 Å². The molecule has 0 bridgehead atoms. The van der Waals surface area contributed by atoms with E-state index in [9.17, 15) is 9.59 Å². The van der Waals surface area contributed by atoms with Gasteiger partial charge in [0.25, 0.3) is 5.91 Å². The van der Waals surface area contributed by atoms with Crippen molar-refractivity contribution < 1.29 is 9.59 Å². The van der Waals surface area contributed by atoms with Gasteiger partial charge >= 0.3 is 0 Å². The maximum Gasteiger partial charge on any atom is 0.273 e. The largest absolute Gasteiger partial charge is 0.360 e. The van der Waals surface area contributed by atoms with Crippen molar-refractivity contribution in [1.82, 2.24) is 20.0 Å². The first-order valence-electron chi connectivity index (χ1n) is 6.56. The Balaban J connectivity index is 2.58. The molecule has 0 aliphatic carbocycles. The predicted octanol–water partition coefficient (Wildman–Crippen LogP) is 0.459. The Kier molecular flexibility index (Phi) is 5.89. The molecule has 0 atom stereocenters. The second kappa shape index (κ2) is 7.42. The second-order valence-electron chi connectivity index (χ2n) is 4.42. The van der Waals surface area contributed by atoms with Crippen molar-refractivity contribution in [2.75, 3.05) is 39.0 Å². The average molecular weight is 279 g/mol. The summed E-state index contributed by atoms with van der Waals surface area (Å²) in [6.45, 7) is 5.39. The number of hydrogen-bond acceptors (Lipinski definition) is 5. The molecule has 0 radical (unpaired) electrons. The summed E-state index contributed by atoms with van der Waals surface area (Å²) in [5.41, 5.74) is 0.274. The van der Waals surface area contributed by atoms with Crippen LogP contribution in [0.2, 0.25) is 0 Å². The zero-order valence-corrected chi connectivity index (χ0v) is 12.4. The van der Waals surface area contributed by atoms with Crippen LogP contribution in [0.15, 0.2) is 12.1 Å². The van der Waals surface area contributed by atoms with E-state index in [0.29, 0.717) is 18.9 Å². The first-order chi connectivity index (χ1) is 9.49. The highest BCUT2D eigenvalue weighted by Gasteiger charge is 2.11. The molecule has 2 amide bonds. The molecule has 0 saturated heterocycles. The Morgan fingerprint density at radius 3 is 2.25 bits per heavy atom. The monoisotopic (exact) mass is 279 g/mol. The van der Waals surface area contributed by atoms with Crippen molar-refractivity contribution in [3.63, 3.8) is 0 Å². The highest BCUT2D eigenvalue weighted by atomic mass is 16.2. The van der Waals surface area contributed by atoms with Gasteiger partial charge in [-0.05, 0) is 26.0 Å². The molecule has 1 rings (SSSR count). The van der Waals surface area contributed by atoms with Crippen LogP contribution in [0.5, 0.6) is 0 Å². The molecule has 1 heterocycles. The van der Waals surface area contributed by atoms with Crippen molar-refractivity contribution in [1.29, 1.82) is 0 Å². The first-order valence-corrected chi connectivity index (χ1v) is 6.56. The summed E-state index contributed by atoms with van der Waals surface area (Å²) in [7, 11) is 3.30. The molecule has 7 nitrogen and oxygen atoms in total. The van der Waals surface area contributed by atoms with Gasteiger partial charge in [0.05, 0.1) is 6.54 Å². The minimum atomic E-state index is -0.205. The number of likely N-dealkylation sites (N-methyl/N-ethyl adjacent to an activating group) is 1.